The Morgan fingerprint density at radius 3 is 2.29 bits per heavy atom. The number of benzene rings is 2. The van der Waals surface area contributed by atoms with Crippen LogP contribution in [0.2, 0.25) is 0 Å². The van der Waals surface area contributed by atoms with E-state index in [1.165, 1.54) is 23.1 Å². The summed E-state index contributed by atoms with van der Waals surface area (Å²) in [7, 11) is -3.77. The molecule has 148 valence electrons. The van der Waals surface area contributed by atoms with Gasteiger partial charge in [0.1, 0.15) is 0 Å². The van der Waals surface area contributed by atoms with Crippen molar-refractivity contribution in [2.75, 3.05) is 13.1 Å². The van der Waals surface area contributed by atoms with Crippen molar-refractivity contribution < 1.29 is 26.8 Å². The number of rotatable bonds is 5. The molecule has 1 saturated heterocycles. The second-order valence-electron chi connectivity index (χ2n) is 6.44. The minimum Gasteiger partial charge on any atom is -0.352 e. The summed E-state index contributed by atoms with van der Waals surface area (Å²) in [5.74, 6) is -3.27. The lowest BCUT2D eigenvalue weighted by Gasteiger charge is -2.38. The Bertz CT molecular complexity index is 1020. The van der Waals surface area contributed by atoms with Gasteiger partial charge < -0.3 is 10.2 Å². The van der Waals surface area contributed by atoms with E-state index in [2.05, 4.69) is 5.32 Å². The van der Waals surface area contributed by atoms with Crippen molar-refractivity contribution in [3.05, 3.63) is 65.2 Å². The summed E-state index contributed by atoms with van der Waals surface area (Å²) < 4.78 is 48.6. The van der Waals surface area contributed by atoms with Crippen molar-refractivity contribution in [3.63, 3.8) is 0 Å². The van der Waals surface area contributed by atoms with E-state index in [-0.39, 0.29) is 36.0 Å². The Labute approximate surface area is 160 Å². The van der Waals surface area contributed by atoms with Gasteiger partial charge in [0.25, 0.3) is 5.91 Å². The lowest BCUT2D eigenvalue weighted by Crippen LogP contribution is -2.55. The van der Waals surface area contributed by atoms with Gasteiger partial charge in [-0.25, -0.2) is 22.3 Å². The number of amides is 2. The SMILES string of the molecule is NS(=O)(=O)c1ccc(CNC(=O)C2CN(C(=O)c3ccc(F)c(F)c3)C2)cc1. The zero-order valence-corrected chi connectivity index (χ0v) is 15.4. The molecule has 0 unspecified atom stereocenters. The molecule has 2 aromatic carbocycles. The van der Waals surface area contributed by atoms with Gasteiger partial charge in [0.05, 0.1) is 10.8 Å². The minimum atomic E-state index is -3.77. The predicted molar refractivity (Wildman–Crippen MR) is 95.4 cm³/mol. The van der Waals surface area contributed by atoms with Crippen molar-refractivity contribution in [3.8, 4) is 0 Å². The number of halogens is 2. The summed E-state index contributed by atoms with van der Waals surface area (Å²) in [5.41, 5.74) is 0.711. The maximum atomic E-state index is 13.2. The van der Waals surface area contributed by atoms with Crippen molar-refractivity contribution in [2.45, 2.75) is 11.4 Å². The molecule has 2 aromatic rings. The van der Waals surface area contributed by atoms with E-state index >= 15 is 0 Å². The zero-order valence-electron chi connectivity index (χ0n) is 14.6. The van der Waals surface area contributed by atoms with E-state index in [0.29, 0.717) is 5.56 Å². The summed E-state index contributed by atoms with van der Waals surface area (Å²) >= 11 is 0. The van der Waals surface area contributed by atoms with Gasteiger partial charge >= 0.3 is 0 Å². The zero-order chi connectivity index (χ0) is 20.5. The first-order valence-electron chi connectivity index (χ1n) is 8.29. The molecule has 0 spiro atoms. The van der Waals surface area contributed by atoms with E-state index in [1.807, 2.05) is 0 Å². The molecule has 0 bridgehead atoms. The Morgan fingerprint density at radius 2 is 1.71 bits per heavy atom. The number of hydrogen-bond donors (Lipinski definition) is 2. The van der Waals surface area contributed by atoms with E-state index in [1.54, 1.807) is 12.1 Å². The first-order chi connectivity index (χ1) is 13.1. The molecule has 0 aliphatic carbocycles. The number of primary sulfonamides is 1. The Balaban J connectivity index is 1.49. The van der Waals surface area contributed by atoms with Crippen molar-refractivity contribution in [2.24, 2.45) is 11.1 Å². The molecule has 0 aromatic heterocycles. The monoisotopic (exact) mass is 409 g/mol. The molecule has 10 heteroatoms. The molecule has 2 amide bonds. The summed E-state index contributed by atoms with van der Waals surface area (Å²) in [4.78, 5) is 25.7. The molecule has 1 heterocycles. The van der Waals surface area contributed by atoms with Crippen molar-refractivity contribution in [1.29, 1.82) is 0 Å². The van der Waals surface area contributed by atoms with Crippen LogP contribution in [0.4, 0.5) is 8.78 Å². The molecule has 1 aliphatic heterocycles. The van der Waals surface area contributed by atoms with Crippen LogP contribution in [0.15, 0.2) is 47.4 Å². The maximum absolute atomic E-state index is 13.2. The normalized spacial score (nSPS) is 14.5. The van der Waals surface area contributed by atoms with E-state index in [9.17, 15) is 26.8 Å². The first-order valence-corrected chi connectivity index (χ1v) is 9.83. The topological polar surface area (TPSA) is 110 Å². The third kappa shape index (κ3) is 4.34. The van der Waals surface area contributed by atoms with Crippen LogP contribution in [0.5, 0.6) is 0 Å². The molecule has 1 fully saturated rings. The smallest absolute Gasteiger partial charge is 0.254 e. The largest absolute Gasteiger partial charge is 0.352 e. The predicted octanol–water partition coefficient (Wildman–Crippen LogP) is 1.00. The third-order valence-corrected chi connectivity index (χ3v) is 5.35. The van der Waals surface area contributed by atoms with Crippen molar-refractivity contribution >= 4 is 21.8 Å². The van der Waals surface area contributed by atoms with Crippen LogP contribution in [0.3, 0.4) is 0 Å². The van der Waals surface area contributed by atoms with Crippen LogP contribution < -0.4 is 10.5 Å². The number of nitrogens with one attached hydrogen (secondary N) is 1. The average molecular weight is 409 g/mol. The summed E-state index contributed by atoms with van der Waals surface area (Å²) in [6.07, 6.45) is 0. The van der Waals surface area contributed by atoms with Crippen LogP contribution >= 0.6 is 0 Å². The summed E-state index contributed by atoms with van der Waals surface area (Å²) in [6, 6.07) is 8.69. The Kier molecular flexibility index (Phi) is 5.43. The van der Waals surface area contributed by atoms with E-state index in [4.69, 9.17) is 5.14 Å². The first kappa shape index (κ1) is 19.9. The van der Waals surface area contributed by atoms with Gasteiger partial charge in [0.2, 0.25) is 15.9 Å². The fourth-order valence-corrected chi connectivity index (χ4v) is 3.27. The van der Waals surface area contributed by atoms with Gasteiger partial charge in [0, 0.05) is 25.2 Å². The van der Waals surface area contributed by atoms with Gasteiger partial charge in [-0.3, -0.25) is 9.59 Å². The van der Waals surface area contributed by atoms with Gasteiger partial charge in [-0.1, -0.05) is 12.1 Å². The van der Waals surface area contributed by atoms with Gasteiger partial charge in [-0.05, 0) is 35.9 Å². The van der Waals surface area contributed by atoms with Gasteiger partial charge in [0.15, 0.2) is 11.6 Å². The molecule has 7 nitrogen and oxygen atoms in total. The lowest BCUT2D eigenvalue weighted by molar-refractivity contribution is -0.129. The van der Waals surface area contributed by atoms with Crippen molar-refractivity contribution in [1.82, 2.24) is 10.2 Å². The Morgan fingerprint density at radius 1 is 1.07 bits per heavy atom. The molecular formula is C18H17F2N3O4S. The molecular weight excluding hydrogens is 392 g/mol. The standard InChI is InChI=1S/C18H17F2N3O4S/c19-15-6-3-12(7-16(15)20)18(25)23-9-13(10-23)17(24)22-8-11-1-4-14(5-2-11)28(21,26)27/h1-7,13H,8-10H2,(H,22,24)(H2,21,26,27). The average Bonchev–Trinajstić information content (AvgIpc) is 2.60. The second kappa shape index (κ2) is 7.64. The molecule has 0 atom stereocenters. The van der Waals surface area contributed by atoms with Gasteiger partial charge in [-0.15, -0.1) is 0 Å². The summed E-state index contributed by atoms with van der Waals surface area (Å²) in [6.45, 7) is 0.541. The maximum Gasteiger partial charge on any atom is 0.254 e. The third-order valence-electron chi connectivity index (χ3n) is 4.42. The highest BCUT2D eigenvalue weighted by Gasteiger charge is 2.36. The molecule has 0 saturated carbocycles. The summed E-state index contributed by atoms with van der Waals surface area (Å²) in [5, 5.41) is 7.73. The lowest BCUT2D eigenvalue weighted by atomic mass is 9.97. The molecule has 1 aliphatic rings. The molecule has 3 N–H and O–H groups in total. The van der Waals surface area contributed by atoms with Crippen LogP contribution in [0.25, 0.3) is 0 Å². The van der Waals surface area contributed by atoms with Crippen LogP contribution in [0, 0.1) is 17.6 Å². The quantitative estimate of drug-likeness (QED) is 0.768. The van der Waals surface area contributed by atoms with Crippen LogP contribution in [0.1, 0.15) is 15.9 Å². The van der Waals surface area contributed by atoms with E-state index < -0.39 is 33.5 Å². The number of carbonyl (C=O) groups is 2. The number of likely N-dealkylation sites (tertiary alicyclic amines) is 1. The number of hydrogen-bond acceptors (Lipinski definition) is 4. The van der Waals surface area contributed by atoms with Crippen LogP contribution in [-0.2, 0) is 21.4 Å². The highest BCUT2D eigenvalue weighted by Crippen LogP contribution is 2.20. The fraction of sp³-hybridized carbons (Fsp3) is 0.222. The Hall–Kier alpha value is -2.85. The number of carbonyl (C=O) groups excluding carboxylic acids is 2. The fourth-order valence-electron chi connectivity index (χ4n) is 2.75. The van der Waals surface area contributed by atoms with Crippen LogP contribution in [-0.4, -0.2) is 38.2 Å². The number of sulfonamides is 1. The van der Waals surface area contributed by atoms with E-state index in [0.717, 1.165) is 12.1 Å². The highest BCUT2D eigenvalue weighted by molar-refractivity contribution is 7.89. The molecule has 0 radical (unpaired) electrons. The minimum absolute atomic E-state index is 0.0204. The van der Waals surface area contributed by atoms with Gasteiger partial charge in [-0.2, -0.15) is 0 Å². The number of nitrogens with two attached hydrogens (primary N) is 1. The second-order valence-corrected chi connectivity index (χ2v) is 8.00. The highest BCUT2D eigenvalue weighted by atomic mass is 32.2. The molecule has 3 rings (SSSR count). The molecule has 28 heavy (non-hydrogen) atoms. The number of nitrogens with zero attached hydrogens (tertiary/aromatic N) is 1.